The molecule has 0 amide bonds. The SMILES string of the molecule is CC12CCC(C(S(=O)(=O)[O-])C1=O)C2(C)C.CCCC(=O)C[S+]1CCCC1. The Morgan fingerprint density at radius 3 is 2.19 bits per heavy atom. The number of ketones is 2. The van der Waals surface area contributed by atoms with Gasteiger partial charge in [-0.25, -0.2) is 8.42 Å². The van der Waals surface area contributed by atoms with Gasteiger partial charge in [-0.05, 0) is 54.3 Å². The number of rotatable bonds is 5. The molecule has 0 aromatic heterocycles. The van der Waals surface area contributed by atoms with Crippen LogP contribution in [0.4, 0.5) is 0 Å². The molecule has 3 fully saturated rings. The normalized spacial score (nSPS) is 33.2. The fraction of sp³-hybridized carbons (Fsp3) is 0.895. The van der Waals surface area contributed by atoms with E-state index in [9.17, 15) is 22.6 Å². The van der Waals surface area contributed by atoms with Crippen LogP contribution in [0.1, 0.15) is 66.2 Å². The van der Waals surface area contributed by atoms with E-state index in [0.717, 1.165) is 18.6 Å². The first kappa shape index (κ1) is 21.9. The monoisotopic (exact) mass is 404 g/mol. The quantitative estimate of drug-likeness (QED) is 0.519. The first-order chi connectivity index (χ1) is 11.9. The maximum atomic E-state index is 12.0. The molecular weight excluding hydrogens is 372 g/mol. The Morgan fingerprint density at radius 2 is 1.81 bits per heavy atom. The summed E-state index contributed by atoms with van der Waals surface area (Å²) in [5.41, 5.74) is -0.994. The summed E-state index contributed by atoms with van der Waals surface area (Å²) in [7, 11) is -4.00. The van der Waals surface area contributed by atoms with E-state index < -0.39 is 20.8 Å². The fourth-order valence-electron chi connectivity index (χ4n) is 4.77. The second kappa shape index (κ2) is 7.92. The van der Waals surface area contributed by atoms with Gasteiger partial charge in [-0.1, -0.05) is 27.7 Å². The molecular formula is C19H32O5S2. The van der Waals surface area contributed by atoms with Gasteiger partial charge in [0.25, 0.3) is 0 Å². The van der Waals surface area contributed by atoms with E-state index in [2.05, 4.69) is 6.92 Å². The lowest BCUT2D eigenvalue weighted by Crippen LogP contribution is -2.38. The van der Waals surface area contributed by atoms with Crippen molar-refractivity contribution in [2.75, 3.05) is 17.3 Å². The van der Waals surface area contributed by atoms with Crippen LogP contribution in [0.2, 0.25) is 0 Å². The minimum Gasteiger partial charge on any atom is -0.747 e. The highest BCUT2D eigenvalue weighted by Gasteiger charge is 2.67. The predicted octanol–water partition coefficient (Wildman–Crippen LogP) is 2.69. The van der Waals surface area contributed by atoms with Crippen LogP contribution in [0.15, 0.2) is 0 Å². The van der Waals surface area contributed by atoms with Crippen molar-refractivity contribution < 1.29 is 22.6 Å². The lowest BCUT2D eigenvalue weighted by Gasteiger charge is -2.32. The van der Waals surface area contributed by atoms with Crippen molar-refractivity contribution in [3.8, 4) is 0 Å². The van der Waals surface area contributed by atoms with Crippen LogP contribution in [0.3, 0.4) is 0 Å². The van der Waals surface area contributed by atoms with Crippen LogP contribution < -0.4 is 0 Å². The van der Waals surface area contributed by atoms with Gasteiger partial charge in [0.05, 0.1) is 0 Å². The van der Waals surface area contributed by atoms with Gasteiger partial charge in [-0.2, -0.15) is 0 Å². The summed E-state index contributed by atoms with van der Waals surface area (Å²) in [5.74, 6) is 3.40. The molecule has 26 heavy (non-hydrogen) atoms. The molecule has 3 aliphatic rings. The summed E-state index contributed by atoms with van der Waals surface area (Å²) in [6.07, 6.45) is 5.93. The van der Waals surface area contributed by atoms with Crippen LogP contribution in [0.25, 0.3) is 0 Å². The molecule has 5 nitrogen and oxygen atoms in total. The summed E-state index contributed by atoms with van der Waals surface area (Å²) in [4.78, 5) is 23.2. The van der Waals surface area contributed by atoms with Crippen LogP contribution >= 0.6 is 0 Å². The van der Waals surface area contributed by atoms with Crippen molar-refractivity contribution >= 4 is 32.6 Å². The second-order valence-electron chi connectivity index (χ2n) is 8.64. The summed E-state index contributed by atoms with van der Waals surface area (Å²) < 4.78 is 33.3. The van der Waals surface area contributed by atoms with Crippen LogP contribution in [0, 0.1) is 16.7 Å². The van der Waals surface area contributed by atoms with E-state index in [1.807, 2.05) is 13.8 Å². The van der Waals surface area contributed by atoms with Gasteiger partial charge >= 0.3 is 0 Å². The molecule has 3 unspecified atom stereocenters. The molecule has 1 saturated heterocycles. The molecule has 2 bridgehead atoms. The molecule has 0 aromatic carbocycles. The average molecular weight is 405 g/mol. The highest BCUT2D eigenvalue weighted by atomic mass is 32.2. The highest BCUT2D eigenvalue weighted by Crippen LogP contribution is 2.64. The van der Waals surface area contributed by atoms with Crippen LogP contribution in [-0.2, 0) is 30.6 Å². The molecule has 0 radical (unpaired) electrons. The van der Waals surface area contributed by atoms with Crippen molar-refractivity contribution in [1.82, 2.24) is 0 Å². The lowest BCUT2D eigenvalue weighted by atomic mass is 9.70. The summed E-state index contributed by atoms with van der Waals surface area (Å²) >= 11 is 0. The molecule has 2 aliphatic carbocycles. The number of hydrogen-bond donors (Lipinski definition) is 0. The van der Waals surface area contributed by atoms with Gasteiger partial charge in [0.1, 0.15) is 26.9 Å². The van der Waals surface area contributed by atoms with E-state index in [1.54, 1.807) is 6.92 Å². The fourth-order valence-corrected chi connectivity index (χ4v) is 8.49. The Kier molecular flexibility index (Phi) is 6.67. The van der Waals surface area contributed by atoms with Crippen LogP contribution in [-0.4, -0.2) is 47.0 Å². The predicted molar refractivity (Wildman–Crippen MR) is 104 cm³/mol. The molecule has 150 valence electrons. The molecule has 3 rings (SSSR count). The lowest BCUT2D eigenvalue weighted by molar-refractivity contribution is -0.128. The van der Waals surface area contributed by atoms with Gasteiger partial charge in [0.2, 0.25) is 0 Å². The molecule has 2 saturated carbocycles. The average Bonchev–Trinajstić information content (AvgIpc) is 3.12. The zero-order chi connectivity index (χ0) is 19.8. The van der Waals surface area contributed by atoms with E-state index in [-0.39, 0.29) is 17.1 Å². The van der Waals surface area contributed by atoms with Gasteiger partial charge in [-0.3, -0.25) is 9.59 Å². The Morgan fingerprint density at radius 1 is 1.23 bits per heavy atom. The van der Waals surface area contributed by atoms with Crippen molar-refractivity contribution in [3.63, 3.8) is 0 Å². The third kappa shape index (κ3) is 4.04. The highest BCUT2D eigenvalue weighted by molar-refractivity contribution is 7.97. The third-order valence-corrected chi connectivity index (χ3v) is 10.4. The van der Waals surface area contributed by atoms with E-state index in [4.69, 9.17) is 0 Å². The van der Waals surface area contributed by atoms with Crippen LogP contribution in [0.5, 0.6) is 0 Å². The Balaban J connectivity index is 0.000000197. The molecule has 0 aromatic rings. The third-order valence-electron chi connectivity index (χ3n) is 6.79. The molecule has 0 spiro atoms. The van der Waals surface area contributed by atoms with Crippen molar-refractivity contribution in [2.24, 2.45) is 16.7 Å². The number of carbonyl (C=O) groups is 2. The van der Waals surface area contributed by atoms with Gasteiger partial charge in [0, 0.05) is 11.8 Å². The van der Waals surface area contributed by atoms with Gasteiger partial charge in [0.15, 0.2) is 17.3 Å². The maximum Gasteiger partial charge on any atom is 0.181 e. The van der Waals surface area contributed by atoms with Crippen molar-refractivity contribution in [3.05, 3.63) is 0 Å². The first-order valence-corrected chi connectivity index (χ1v) is 12.8. The Hall–Kier alpha value is -0.400. The van der Waals surface area contributed by atoms with E-state index >= 15 is 0 Å². The number of carbonyl (C=O) groups excluding carboxylic acids is 2. The van der Waals surface area contributed by atoms with Gasteiger partial charge < -0.3 is 4.55 Å². The van der Waals surface area contributed by atoms with Gasteiger partial charge in [-0.15, -0.1) is 0 Å². The minimum atomic E-state index is -4.49. The molecule has 1 heterocycles. The molecule has 3 atom stereocenters. The van der Waals surface area contributed by atoms with E-state index in [1.165, 1.54) is 24.3 Å². The smallest absolute Gasteiger partial charge is 0.181 e. The first-order valence-electron chi connectivity index (χ1n) is 9.60. The summed E-state index contributed by atoms with van der Waals surface area (Å²) in [5, 5.41) is -1.30. The summed E-state index contributed by atoms with van der Waals surface area (Å²) in [6.45, 7) is 7.66. The zero-order valence-corrected chi connectivity index (χ0v) is 18.0. The second-order valence-corrected chi connectivity index (χ2v) is 12.5. The van der Waals surface area contributed by atoms with Crippen molar-refractivity contribution in [2.45, 2.75) is 71.5 Å². The standard InChI is InChI=1S/C10H16O4S.C9H17OS/c1-9(2)6-4-5-10(9,3)8(11)7(6)15(12,13)14;1-2-5-9(10)8-11-6-3-4-7-11/h6-7H,4-5H2,1-3H3,(H,12,13,14);2-8H2,1H3/q;+1/p-1. The topological polar surface area (TPSA) is 91.3 Å². The zero-order valence-electron chi connectivity index (χ0n) is 16.4. The number of fused-ring (bicyclic) bond motifs is 2. The minimum absolute atomic E-state index is 0.294. The molecule has 0 N–H and O–H groups in total. The molecule has 7 heteroatoms. The Bertz CT molecular complexity index is 649. The largest absolute Gasteiger partial charge is 0.747 e. The van der Waals surface area contributed by atoms with Crippen molar-refractivity contribution in [1.29, 1.82) is 0 Å². The van der Waals surface area contributed by atoms with E-state index in [0.29, 0.717) is 29.5 Å². The summed E-state index contributed by atoms with van der Waals surface area (Å²) in [6, 6.07) is 0. The number of Topliss-reactive ketones (excluding diaryl/α,β-unsaturated/α-hetero) is 2. The molecule has 1 aliphatic heterocycles. The Labute approximate surface area is 160 Å². The maximum absolute atomic E-state index is 12.0. The number of hydrogen-bond acceptors (Lipinski definition) is 5.